The van der Waals surface area contributed by atoms with Crippen molar-refractivity contribution in [2.45, 2.75) is 13.5 Å². The van der Waals surface area contributed by atoms with Crippen LogP contribution < -0.4 is 5.32 Å². The number of halogens is 1. The van der Waals surface area contributed by atoms with E-state index in [1.165, 1.54) is 0 Å². The van der Waals surface area contributed by atoms with Gasteiger partial charge in [0.05, 0.1) is 13.2 Å². The molecule has 0 unspecified atom stereocenters. The summed E-state index contributed by atoms with van der Waals surface area (Å²) in [5.74, 6) is 0.218. The first-order valence-electron chi connectivity index (χ1n) is 6.36. The van der Waals surface area contributed by atoms with Gasteiger partial charge in [-0.1, -0.05) is 15.9 Å². The van der Waals surface area contributed by atoms with E-state index < -0.39 is 0 Å². The van der Waals surface area contributed by atoms with Crippen molar-refractivity contribution in [3.63, 3.8) is 0 Å². The molecule has 0 spiro atoms. The first-order valence-corrected chi connectivity index (χ1v) is 7.15. The molecule has 1 aromatic carbocycles. The second-order valence-electron chi connectivity index (χ2n) is 4.75. The molecule has 0 heterocycles. The van der Waals surface area contributed by atoms with E-state index in [2.05, 4.69) is 21.2 Å². The summed E-state index contributed by atoms with van der Waals surface area (Å²) >= 11 is 3.41. The normalized spacial score (nSPS) is 10.8. The van der Waals surface area contributed by atoms with Gasteiger partial charge in [0, 0.05) is 30.2 Å². The Morgan fingerprint density at radius 2 is 2.20 bits per heavy atom. The molecule has 0 saturated heterocycles. The van der Waals surface area contributed by atoms with Crippen molar-refractivity contribution < 1.29 is 14.6 Å². The molecule has 1 rings (SSSR count). The maximum atomic E-state index is 11.7. The van der Waals surface area contributed by atoms with Crippen molar-refractivity contribution in [1.82, 2.24) is 10.2 Å². The molecule has 0 aromatic heterocycles. The fraction of sp³-hybridized carbons (Fsp3) is 0.500. The van der Waals surface area contributed by atoms with Crippen molar-refractivity contribution in [3.05, 3.63) is 27.7 Å². The van der Waals surface area contributed by atoms with Crippen molar-refractivity contribution in [2.75, 3.05) is 33.9 Å². The maximum Gasteiger partial charge on any atom is 0.234 e. The second kappa shape index (κ2) is 8.24. The molecule has 112 valence electrons. The molecule has 0 bridgehead atoms. The van der Waals surface area contributed by atoms with Gasteiger partial charge in [0.2, 0.25) is 5.91 Å². The van der Waals surface area contributed by atoms with Crippen LogP contribution >= 0.6 is 15.9 Å². The highest BCUT2D eigenvalue weighted by Gasteiger charge is 2.11. The lowest BCUT2D eigenvalue weighted by Gasteiger charge is -2.18. The van der Waals surface area contributed by atoms with Crippen LogP contribution in [0.4, 0.5) is 0 Å². The van der Waals surface area contributed by atoms with E-state index in [9.17, 15) is 9.90 Å². The van der Waals surface area contributed by atoms with Gasteiger partial charge in [0.15, 0.2) is 0 Å². The van der Waals surface area contributed by atoms with E-state index >= 15 is 0 Å². The van der Waals surface area contributed by atoms with Crippen LogP contribution in [-0.2, 0) is 16.1 Å². The van der Waals surface area contributed by atoms with E-state index in [1.54, 1.807) is 7.11 Å². The Hall–Kier alpha value is -1.11. The number of methoxy groups -OCH3 is 1. The van der Waals surface area contributed by atoms with Gasteiger partial charge in [-0.05, 0) is 31.7 Å². The Morgan fingerprint density at radius 1 is 1.50 bits per heavy atom. The van der Waals surface area contributed by atoms with Gasteiger partial charge >= 0.3 is 0 Å². The number of amides is 1. The highest BCUT2D eigenvalue weighted by atomic mass is 79.9. The molecular weight excluding hydrogens is 324 g/mol. The van der Waals surface area contributed by atoms with Crippen LogP contribution in [0.15, 0.2) is 16.6 Å². The van der Waals surface area contributed by atoms with Crippen LogP contribution in [0, 0.1) is 6.92 Å². The predicted molar refractivity (Wildman–Crippen MR) is 81.8 cm³/mol. The van der Waals surface area contributed by atoms with E-state index in [1.807, 2.05) is 31.0 Å². The summed E-state index contributed by atoms with van der Waals surface area (Å²) in [5.41, 5.74) is 1.61. The molecule has 0 radical (unpaired) electrons. The largest absolute Gasteiger partial charge is 0.507 e. The van der Waals surface area contributed by atoms with Crippen LogP contribution in [0.1, 0.15) is 11.1 Å². The molecule has 0 aliphatic rings. The van der Waals surface area contributed by atoms with Crippen LogP contribution in [-0.4, -0.2) is 49.8 Å². The third kappa shape index (κ3) is 5.48. The van der Waals surface area contributed by atoms with Crippen LogP contribution in [0.5, 0.6) is 5.75 Å². The number of aromatic hydroxyl groups is 1. The number of nitrogens with one attached hydrogen (secondary N) is 1. The van der Waals surface area contributed by atoms with E-state index in [4.69, 9.17) is 4.74 Å². The van der Waals surface area contributed by atoms with Crippen LogP contribution in [0.2, 0.25) is 0 Å². The molecule has 0 saturated carbocycles. The monoisotopic (exact) mass is 344 g/mol. The van der Waals surface area contributed by atoms with Gasteiger partial charge in [0.1, 0.15) is 5.75 Å². The van der Waals surface area contributed by atoms with Gasteiger partial charge in [-0.15, -0.1) is 0 Å². The number of hydrogen-bond donors (Lipinski definition) is 2. The molecule has 5 nitrogen and oxygen atoms in total. The van der Waals surface area contributed by atoms with Crippen molar-refractivity contribution in [1.29, 1.82) is 0 Å². The molecule has 6 heteroatoms. The Labute approximate surface area is 128 Å². The molecule has 0 atom stereocenters. The third-order valence-corrected chi connectivity index (χ3v) is 3.28. The number of nitrogens with zero attached hydrogens (tertiary/aromatic N) is 1. The number of likely N-dealkylation sites (N-methyl/N-ethyl adjacent to an activating group) is 1. The summed E-state index contributed by atoms with van der Waals surface area (Å²) in [6.07, 6.45) is 0. The lowest BCUT2D eigenvalue weighted by atomic mass is 10.1. The number of aryl methyl sites for hydroxylation is 1. The Bertz CT molecular complexity index is 466. The molecule has 0 aliphatic heterocycles. The maximum absolute atomic E-state index is 11.7. The fourth-order valence-corrected chi connectivity index (χ4v) is 2.49. The van der Waals surface area contributed by atoms with Gasteiger partial charge in [-0.25, -0.2) is 0 Å². The molecule has 1 aromatic rings. The number of phenolic OH excluding ortho intramolecular Hbond substituents is 1. The highest BCUT2D eigenvalue weighted by molar-refractivity contribution is 9.10. The number of hydrogen-bond acceptors (Lipinski definition) is 4. The Kier molecular flexibility index (Phi) is 6.98. The molecule has 20 heavy (non-hydrogen) atoms. The molecule has 0 fully saturated rings. The van der Waals surface area contributed by atoms with E-state index in [0.717, 1.165) is 15.6 Å². The van der Waals surface area contributed by atoms with Gasteiger partial charge in [-0.3, -0.25) is 9.69 Å². The summed E-state index contributed by atoms with van der Waals surface area (Å²) in [4.78, 5) is 13.5. The lowest BCUT2D eigenvalue weighted by Crippen LogP contribution is -2.36. The zero-order valence-electron chi connectivity index (χ0n) is 12.1. The summed E-state index contributed by atoms with van der Waals surface area (Å²) in [5, 5.41) is 12.8. The topological polar surface area (TPSA) is 61.8 Å². The number of carbonyl (C=O) groups is 1. The minimum absolute atomic E-state index is 0.0595. The smallest absolute Gasteiger partial charge is 0.234 e. The van der Waals surface area contributed by atoms with Crippen LogP contribution in [0.3, 0.4) is 0 Å². The molecule has 1 amide bonds. The number of rotatable bonds is 7. The molecule has 0 aliphatic carbocycles. The number of phenols is 1. The lowest BCUT2D eigenvalue weighted by molar-refractivity contribution is -0.122. The molecule has 2 N–H and O–H groups in total. The van der Waals surface area contributed by atoms with E-state index in [0.29, 0.717) is 19.7 Å². The quantitative estimate of drug-likeness (QED) is 0.738. The van der Waals surface area contributed by atoms with Crippen LogP contribution in [0.25, 0.3) is 0 Å². The Morgan fingerprint density at radius 3 is 2.85 bits per heavy atom. The highest BCUT2D eigenvalue weighted by Crippen LogP contribution is 2.27. The average Bonchev–Trinajstić information content (AvgIpc) is 2.35. The van der Waals surface area contributed by atoms with Crippen molar-refractivity contribution in [2.24, 2.45) is 0 Å². The third-order valence-electron chi connectivity index (χ3n) is 2.83. The summed E-state index contributed by atoms with van der Waals surface area (Å²) in [7, 11) is 3.43. The SMILES string of the molecule is COCCNC(=O)CN(C)Cc1cc(Br)cc(C)c1O. The van der Waals surface area contributed by atoms with Crippen molar-refractivity contribution in [3.8, 4) is 5.75 Å². The van der Waals surface area contributed by atoms with Gasteiger partial charge in [0.25, 0.3) is 0 Å². The zero-order valence-corrected chi connectivity index (χ0v) is 13.7. The average molecular weight is 345 g/mol. The summed E-state index contributed by atoms with van der Waals surface area (Å²) in [6, 6.07) is 3.72. The standard InChI is InChI=1S/C14H21BrN2O3/c1-10-6-12(15)7-11(14(10)19)8-17(2)9-13(18)16-4-5-20-3/h6-7,19H,4-5,8-9H2,1-3H3,(H,16,18). The summed E-state index contributed by atoms with van der Waals surface area (Å²) < 4.78 is 5.79. The minimum Gasteiger partial charge on any atom is -0.507 e. The Balaban J connectivity index is 2.54. The number of carbonyl (C=O) groups excluding carboxylic acids is 1. The zero-order chi connectivity index (χ0) is 15.1. The number of ether oxygens (including phenoxy) is 1. The predicted octanol–water partition coefficient (Wildman–Crippen LogP) is 1.66. The summed E-state index contributed by atoms with van der Waals surface area (Å²) in [6.45, 7) is 3.63. The molecular formula is C14H21BrN2O3. The minimum atomic E-state index is -0.0595. The first kappa shape index (κ1) is 16.9. The fourth-order valence-electron chi connectivity index (χ4n) is 1.87. The van der Waals surface area contributed by atoms with Gasteiger partial charge < -0.3 is 15.2 Å². The number of benzene rings is 1. The second-order valence-corrected chi connectivity index (χ2v) is 5.66. The first-order chi connectivity index (χ1) is 9.43. The van der Waals surface area contributed by atoms with E-state index in [-0.39, 0.29) is 18.2 Å². The van der Waals surface area contributed by atoms with Gasteiger partial charge in [-0.2, -0.15) is 0 Å². The van der Waals surface area contributed by atoms with Crippen molar-refractivity contribution >= 4 is 21.8 Å².